The van der Waals surface area contributed by atoms with Crippen LogP contribution >= 0.6 is 0 Å². The van der Waals surface area contributed by atoms with Gasteiger partial charge in [-0.3, -0.25) is 4.79 Å². The first-order chi connectivity index (χ1) is 12.3. The van der Waals surface area contributed by atoms with Crippen molar-refractivity contribution in [1.82, 2.24) is 5.32 Å². The highest BCUT2D eigenvalue weighted by atomic mass is 16.5. The Bertz CT molecular complexity index is 604. The fourth-order valence-corrected chi connectivity index (χ4v) is 4.70. The smallest absolute Gasteiger partial charge is 0.265 e. The van der Waals surface area contributed by atoms with Gasteiger partial charge in [-0.25, -0.2) is 0 Å². The van der Waals surface area contributed by atoms with Crippen LogP contribution in [0.3, 0.4) is 0 Å². The second kappa shape index (κ2) is 7.34. The summed E-state index contributed by atoms with van der Waals surface area (Å²) in [6.07, 6.45) is 7.60. The Kier molecular flexibility index (Phi) is 4.95. The summed E-state index contributed by atoms with van der Waals surface area (Å²) in [7, 11) is 0. The topological polar surface area (TPSA) is 50.8 Å². The van der Waals surface area contributed by atoms with Gasteiger partial charge in [-0.1, -0.05) is 31.4 Å². The number of ether oxygens (including phenoxy) is 2. The fourth-order valence-electron chi connectivity index (χ4n) is 4.70. The van der Waals surface area contributed by atoms with Crippen molar-refractivity contribution in [3.63, 3.8) is 0 Å². The van der Waals surface area contributed by atoms with E-state index in [0.717, 1.165) is 37.6 Å². The van der Waals surface area contributed by atoms with Crippen molar-refractivity contribution in [3.8, 4) is 5.75 Å². The molecular weight excluding hydrogens is 316 g/mol. The first kappa shape index (κ1) is 16.9. The van der Waals surface area contributed by atoms with Gasteiger partial charge >= 0.3 is 0 Å². The Morgan fingerprint density at radius 2 is 2.04 bits per heavy atom. The lowest BCUT2D eigenvalue weighted by molar-refractivity contribution is -0.121. The zero-order chi connectivity index (χ0) is 17.1. The van der Waals surface area contributed by atoms with Crippen LogP contribution in [0.4, 0.5) is 5.69 Å². The molecule has 2 fully saturated rings. The van der Waals surface area contributed by atoms with Gasteiger partial charge in [0, 0.05) is 31.2 Å². The molecule has 1 N–H and O–H groups in total. The Hall–Kier alpha value is -1.59. The number of nitrogens with zero attached hydrogens (tertiary/aromatic N) is 1. The minimum absolute atomic E-state index is 0.0415. The number of hydrogen-bond acceptors (Lipinski definition) is 4. The molecule has 4 rings (SSSR count). The number of para-hydroxylation sites is 2. The van der Waals surface area contributed by atoms with Crippen molar-refractivity contribution in [1.29, 1.82) is 0 Å². The van der Waals surface area contributed by atoms with E-state index in [2.05, 4.69) is 5.32 Å². The molecule has 5 nitrogen and oxygen atoms in total. The van der Waals surface area contributed by atoms with Gasteiger partial charge < -0.3 is 19.7 Å². The van der Waals surface area contributed by atoms with Crippen LogP contribution in [0.25, 0.3) is 0 Å². The van der Waals surface area contributed by atoms with Crippen molar-refractivity contribution in [2.75, 3.05) is 37.8 Å². The van der Waals surface area contributed by atoms with Crippen molar-refractivity contribution in [2.24, 2.45) is 5.41 Å². The summed E-state index contributed by atoms with van der Waals surface area (Å²) >= 11 is 0. The van der Waals surface area contributed by atoms with E-state index >= 15 is 0 Å². The third-order valence-electron chi connectivity index (χ3n) is 6.06. The van der Waals surface area contributed by atoms with E-state index in [0.29, 0.717) is 18.0 Å². The predicted octanol–water partition coefficient (Wildman–Crippen LogP) is 2.74. The summed E-state index contributed by atoms with van der Waals surface area (Å²) < 4.78 is 11.4. The highest BCUT2D eigenvalue weighted by Gasteiger charge is 2.42. The minimum Gasteiger partial charge on any atom is -0.482 e. The summed E-state index contributed by atoms with van der Waals surface area (Å²) in [5, 5.41) is 3.77. The van der Waals surface area contributed by atoms with E-state index in [9.17, 15) is 4.79 Å². The number of fused-ring (bicyclic) bond motifs is 1. The molecule has 2 heterocycles. The molecular formula is C20H28N2O3. The first-order valence-electron chi connectivity index (χ1n) is 9.62. The quantitative estimate of drug-likeness (QED) is 0.912. The van der Waals surface area contributed by atoms with Gasteiger partial charge in [0.05, 0.1) is 12.3 Å². The molecule has 1 unspecified atom stereocenters. The van der Waals surface area contributed by atoms with Gasteiger partial charge in [-0.05, 0) is 31.4 Å². The molecule has 1 spiro atoms. The van der Waals surface area contributed by atoms with Crippen molar-refractivity contribution in [3.05, 3.63) is 24.3 Å². The molecule has 3 aliphatic rings. The van der Waals surface area contributed by atoms with Gasteiger partial charge in [-0.15, -0.1) is 0 Å². The molecule has 1 amide bonds. The molecule has 1 aromatic carbocycles. The summed E-state index contributed by atoms with van der Waals surface area (Å²) in [5.74, 6) is 0.844. The van der Waals surface area contributed by atoms with Gasteiger partial charge in [0.15, 0.2) is 6.61 Å². The third-order valence-corrected chi connectivity index (χ3v) is 6.06. The molecule has 0 bridgehead atoms. The second-order valence-corrected chi connectivity index (χ2v) is 7.57. The summed E-state index contributed by atoms with van der Waals surface area (Å²) in [6, 6.07) is 8.30. The van der Waals surface area contributed by atoms with Gasteiger partial charge in [0.2, 0.25) is 0 Å². The van der Waals surface area contributed by atoms with E-state index in [1.54, 1.807) is 0 Å². The lowest BCUT2D eigenvalue weighted by Gasteiger charge is -2.47. The van der Waals surface area contributed by atoms with E-state index in [1.807, 2.05) is 29.2 Å². The van der Waals surface area contributed by atoms with Crippen LogP contribution in [0.2, 0.25) is 0 Å². The Morgan fingerprint density at radius 1 is 1.20 bits per heavy atom. The summed E-state index contributed by atoms with van der Waals surface area (Å²) in [5.41, 5.74) is 1.20. The second-order valence-electron chi connectivity index (χ2n) is 7.57. The number of rotatable bonds is 4. The van der Waals surface area contributed by atoms with Gasteiger partial charge in [0.1, 0.15) is 5.75 Å². The molecule has 25 heavy (non-hydrogen) atoms. The average Bonchev–Trinajstić information content (AvgIpc) is 2.66. The van der Waals surface area contributed by atoms with Crippen LogP contribution in [0.5, 0.6) is 5.75 Å². The SMILES string of the molecule is O=C1COc2ccccc2N1CCNC1CCOCC12CCCCC2. The number of nitrogens with one attached hydrogen (secondary N) is 1. The van der Waals surface area contributed by atoms with E-state index in [4.69, 9.17) is 9.47 Å². The Balaban J connectivity index is 1.39. The molecule has 0 radical (unpaired) electrons. The van der Waals surface area contributed by atoms with Crippen LogP contribution in [-0.2, 0) is 9.53 Å². The van der Waals surface area contributed by atoms with Crippen molar-refractivity contribution < 1.29 is 14.3 Å². The van der Waals surface area contributed by atoms with Gasteiger partial charge in [-0.2, -0.15) is 0 Å². The maximum Gasteiger partial charge on any atom is 0.265 e. The Labute approximate surface area is 149 Å². The molecule has 1 aliphatic carbocycles. The lowest BCUT2D eigenvalue weighted by atomic mass is 9.68. The highest BCUT2D eigenvalue weighted by molar-refractivity contribution is 5.97. The van der Waals surface area contributed by atoms with E-state index in [-0.39, 0.29) is 12.5 Å². The molecule has 1 saturated heterocycles. The zero-order valence-corrected chi connectivity index (χ0v) is 14.8. The third kappa shape index (κ3) is 3.40. The predicted molar refractivity (Wildman–Crippen MR) is 97.0 cm³/mol. The Morgan fingerprint density at radius 3 is 2.92 bits per heavy atom. The van der Waals surface area contributed by atoms with Crippen molar-refractivity contribution in [2.45, 2.75) is 44.6 Å². The molecule has 0 aromatic heterocycles. The minimum atomic E-state index is 0.0415. The van der Waals surface area contributed by atoms with Crippen molar-refractivity contribution >= 4 is 11.6 Å². The van der Waals surface area contributed by atoms with E-state index < -0.39 is 0 Å². The summed E-state index contributed by atoms with van der Waals surface area (Å²) in [6.45, 7) is 3.38. The van der Waals surface area contributed by atoms with Crippen LogP contribution in [0, 0.1) is 5.41 Å². The number of hydrogen-bond donors (Lipinski definition) is 1. The number of carbonyl (C=O) groups is 1. The zero-order valence-electron chi connectivity index (χ0n) is 14.8. The van der Waals surface area contributed by atoms with Crippen LogP contribution in [0.15, 0.2) is 24.3 Å². The lowest BCUT2D eigenvalue weighted by Crippen LogP contribution is -2.54. The molecule has 1 saturated carbocycles. The van der Waals surface area contributed by atoms with Gasteiger partial charge in [0.25, 0.3) is 5.91 Å². The number of benzene rings is 1. The van der Waals surface area contributed by atoms with Crippen LogP contribution < -0.4 is 15.0 Å². The fraction of sp³-hybridized carbons (Fsp3) is 0.650. The number of carbonyl (C=O) groups excluding carboxylic acids is 1. The molecule has 1 aromatic rings. The molecule has 1 atom stereocenters. The largest absolute Gasteiger partial charge is 0.482 e. The van der Waals surface area contributed by atoms with Crippen LogP contribution in [0.1, 0.15) is 38.5 Å². The number of anilines is 1. The standard InChI is InChI=1S/C20H28N2O3/c23-19-14-25-17-7-3-2-6-16(17)22(19)12-11-21-18-8-13-24-15-20(18)9-4-1-5-10-20/h2-3,6-7,18,21H,1,4-5,8-15H2. The highest BCUT2D eigenvalue weighted by Crippen LogP contribution is 2.42. The summed E-state index contributed by atoms with van der Waals surface area (Å²) in [4.78, 5) is 14.1. The van der Waals surface area contributed by atoms with Crippen LogP contribution in [-0.4, -0.2) is 44.9 Å². The maximum absolute atomic E-state index is 12.3. The number of amides is 1. The normalized spacial score (nSPS) is 25.5. The maximum atomic E-state index is 12.3. The monoisotopic (exact) mass is 344 g/mol. The molecule has 2 aliphatic heterocycles. The first-order valence-corrected chi connectivity index (χ1v) is 9.62. The average molecular weight is 344 g/mol. The molecule has 136 valence electrons. The van der Waals surface area contributed by atoms with E-state index in [1.165, 1.54) is 32.1 Å². The molecule has 5 heteroatoms.